The molecule has 186 valence electrons. The zero-order valence-electron chi connectivity index (χ0n) is 20.9. The van der Waals surface area contributed by atoms with Crippen LogP contribution in [0, 0.1) is 11.8 Å². The second kappa shape index (κ2) is 12.2. The van der Waals surface area contributed by atoms with E-state index < -0.39 is 5.79 Å². The standard InChI is InChI=1S/C29H40O5/c1-22-13-16-29(33-27(22)15-18-31-19-24-7-5-4-6-8-24)17-14-23(2)28(34-29)21-32-20-25-9-11-26(30-3)12-10-25/h4-12,22-23,27-28H,13-21H2,1-3H3. The average Bonchev–Trinajstić information content (AvgIpc) is 2.87. The van der Waals surface area contributed by atoms with Crippen LogP contribution in [0.2, 0.25) is 0 Å². The molecule has 34 heavy (non-hydrogen) atoms. The van der Waals surface area contributed by atoms with E-state index in [2.05, 4.69) is 26.0 Å². The van der Waals surface area contributed by atoms with E-state index in [4.69, 9.17) is 23.7 Å². The summed E-state index contributed by atoms with van der Waals surface area (Å²) in [6, 6.07) is 18.3. The molecule has 0 N–H and O–H groups in total. The van der Waals surface area contributed by atoms with Gasteiger partial charge in [0.15, 0.2) is 5.79 Å². The predicted octanol–water partition coefficient (Wildman–Crippen LogP) is 6.15. The van der Waals surface area contributed by atoms with E-state index in [-0.39, 0.29) is 12.2 Å². The maximum absolute atomic E-state index is 6.68. The number of benzene rings is 2. The molecule has 0 radical (unpaired) electrons. The highest BCUT2D eigenvalue weighted by Crippen LogP contribution is 2.43. The van der Waals surface area contributed by atoms with Crippen molar-refractivity contribution in [2.24, 2.45) is 11.8 Å². The van der Waals surface area contributed by atoms with E-state index in [0.29, 0.717) is 38.3 Å². The summed E-state index contributed by atoms with van der Waals surface area (Å²) in [5.41, 5.74) is 2.34. The first-order valence-electron chi connectivity index (χ1n) is 12.7. The minimum Gasteiger partial charge on any atom is -0.497 e. The number of hydrogen-bond acceptors (Lipinski definition) is 5. The molecule has 2 aromatic rings. The Morgan fingerprint density at radius 2 is 1.41 bits per heavy atom. The fourth-order valence-corrected chi connectivity index (χ4v) is 4.96. The topological polar surface area (TPSA) is 46.2 Å². The lowest BCUT2D eigenvalue weighted by Gasteiger charge is -2.49. The fraction of sp³-hybridized carbons (Fsp3) is 0.586. The van der Waals surface area contributed by atoms with Crippen molar-refractivity contribution in [2.45, 2.75) is 77.2 Å². The van der Waals surface area contributed by atoms with Gasteiger partial charge in [0.05, 0.1) is 39.1 Å². The van der Waals surface area contributed by atoms with Crippen molar-refractivity contribution in [1.82, 2.24) is 0 Å². The van der Waals surface area contributed by atoms with Gasteiger partial charge in [0.25, 0.3) is 0 Å². The Hall–Kier alpha value is -1.92. The van der Waals surface area contributed by atoms with Crippen molar-refractivity contribution in [3.63, 3.8) is 0 Å². The number of methoxy groups -OCH3 is 1. The van der Waals surface area contributed by atoms with Crippen LogP contribution in [0.15, 0.2) is 54.6 Å². The third kappa shape index (κ3) is 6.82. The summed E-state index contributed by atoms with van der Waals surface area (Å²) < 4.78 is 30.6. The van der Waals surface area contributed by atoms with Gasteiger partial charge >= 0.3 is 0 Å². The van der Waals surface area contributed by atoms with Crippen molar-refractivity contribution in [1.29, 1.82) is 0 Å². The molecule has 2 aromatic carbocycles. The molecule has 5 nitrogen and oxygen atoms in total. The van der Waals surface area contributed by atoms with Gasteiger partial charge in [-0.1, -0.05) is 56.3 Å². The molecule has 4 rings (SSSR count). The molecule has 5 heteroatoms. The number of rotatable bonds is 10. The zero-order chi connectivity index (χ0) is 23.8. The van der Waals surface area contributed by atoms with Crippen LogP contribution in [-0.2, 0) is 32.2 Å². The van der Waals surface area contributed by atoms with Crippen molar-refractivity contribution in [3.8, 4) is 5.75 Å². The Morgan fingerprint density at radius 1 is 0.794 bits per heavy atom. The zero-order valence-corrected chi connectivity index (χ0v) is 20.9. The van der Waals surface area contributed by atoms with E-state index in [9.17, 15) is 0 Å². The highest BCUT2D eigenvalue weighted by molar-refractivity contribution is 5.26. The third-order valence-electron chi connectivity index (χ3n) is 7.33. The normalized spacial score (nSPS) is 29.3. The van der Waals surface area contributed by atoms with Crippen LogP contribution in [0.4, 0.5) is 0 Å². The molecule has 5 unspecified atom stereocenters. The minimum absolute atomic E-state index is 0.0513. The van der Waals surface area contributed by atoms with Gasteiger partial charge in [-0.05, 0) is 54.4 Å². The highest BCUT2D eigenvalue weighted by atomic mass is 16.7. The van der Waals surface area contributed by atoms with Gasteiger partial charge in [0, 0.05) is 19.4 Å². The summed E-state index contributed by atoms with van der Waals surface area (Å²) in [5.74, 6) is 1.35. The predicted molar refractivity (Wildman–Crippen MR) is 133 cm³/mol. The molecule has 0 aromatic heterocycles. The fourth-order valence-electron chi connectivity index (χ4n) is 4.96. The largest absolute Gasteiger partial charge is 0.497 e. The maximum Gasteiger partial charge on any atom is 0.169 e. The van der Waals surface area contributed by atoms with Crippen LogP contribution in [0.5, 0.6) is 5.75 Å². The maximum atomic E-state index is 6.68. The Balaban J connectivity index is 1.25. The molecule has 1 spiro atoms. The van der Waals surface area contributed by atoms with E-state index in [1.165, 1.54) is 5.56 Å². The van der Waals surface area contributed by atoms with Crippen molar-refractivity contribution in [3.05, 3.63) is 65.7 Å². The van der Waals surface area contributed by atoms with E-state index in [0.717, 1.165) is 43.4 Å². The van der Waals surface area contributed by atoms with E-state index in [1.54, 1.807) is 7.11 Å². The van der Waals surface area contributed by atoms with Crippen LogP contribution in [0.25, 0.3) is 0 Å². The molecule has 2 aliphatic heterocycles. The molecule has 0 saturated carbocycles. The Bertz CT molecular complexity index is 851. The Kier molecular flexibility index (Phi) is 9.01. The van der Waals surface area contributed by atoms with Crippen LogP contribution in [-0.4, -0.2) is 38.3 Å². The first kappa shape index (κ1) is 25.2. The summed E-state index contributed by atoms with van der Waals surface area (Å²) in [7, 11) is 1.68. The SMILES string of the molecule is COc1ccc(COCC2OC3(CCC(C)C(CCOCc4ccccc4)O3)CCC2C)cc1. The first-order valence-corrected chi connectivity index (χ1v) is 12.7. The second-order valence-corrected chi connectivity index (χ2v) is 9.95. The van der Waals surface area contributed by atoms with Gasteiger partial charge in [-0.3, -0.25) is 0 Å². The molecule has 2 heterocycles. The third-order valence-corrected chi connectivity index (χ3v) is 7.33. The first-order chi connectivity index (χ1) is 16.6. The van der Waals surface area contributed by atoms with Crippen LogP contribution in [0.3, 0.4) is 0 Å². The van der Waals surface area contributed by atoms with Crippen LogP contribution in [0.1, 0.15) is 57.1 Å². The molecular formula is C29H40O5. The van der Waals surface area contributed by atoms with Crippen molar-refractivity contribution in [2.75, 3.05) is 20.3 Å². The summed E-state index contributed by atoms with van der Waals surface area (Å²) in [6.45, 7) is 7.05. The van der Waals surface area contributed by atoms with Crippen LogP contribution < -0.4 is 4.74 Å². The lowest BCUT2D eigenvalue weighted by Crippen LogP contribution is -2.53. The lowest BCUT2D eigenvalue weighted by atomic mass is 9.84. The van der Waals surface area contributed by atoms with Crippen LogP contribution >= 0.6 is 0 Å². The van der Waals surface area contributed by atoms with Gasteiger partial charge in [0.1, 0.15) is 5.75 Å². The van der Waals surface area contributed by atoms with Gasteiger partial charge in [-0.25, -0.2) is 0 Å². The summed E-state index contributed by atoms with van der Waals surface area (Å²) in [5, 5.41) is 0. The molecule has 5 atom stereocenters. The number of hydrogen-bond donors (Lipinski definition) is 0. The lowest BCUT2D eigenvalue weighted by molar-refractivity contribution is -0.336. The highest BCUT2D eigenvalue weighted by Gasteiger charge is 2.46. The average molecular weight is 469 g/mol. The second-order valence-electron chi connectivity index (χ2n) is 9.95. The number of ether oxygens (including phenoxy) is 5. The van der Waals surface area contributed by atoms with Gasteiger partial charge in [-0.15, -0.1) is 0 Å². The molecule has 2 aliphatic rings. The molecule has 2 fully saturated rings. The Labute approximate surface area is 204 Å². The van der Waals surface area contributed by atoms with Gasteiger partial charge < -0.3 is 23.7 Å². The molecule has 0 amide bonds. The summed E-state index contributed by atoms with van der Waals surface area (Å²) in [4.78, 5) is 0. The van der Waals surface area contributed by atoms with Gasteiger partial charge in [0.2, 0.25) is 0 Å². The summed E-state index contributed by atoms with van der Waals surface area (Å²) >= 11 is 0. The van der Waals surface area contributed by atoms with Gasteiger partial charge in [-0.2, -0.15) is 0 Å². The monoisotopic (exact) mass is 468 g/mol. The molecule has 0 bridgehead atoms. The molecule has 0 aliphatic carbocycles. The quantitative estimate of drug-likeness (QED) is 0.392. The Morgan fingerprint density at radius 3 is 2.12 bits per heavy atom. The summed E-state index contributed by atoms with van der Waals surface area (Å²) in [6.07, 6.45) is 5.25. The smallest absolute Gasteiger partial charge is 0.169 e. The molecular weight excluding hydrogens is 428 g/mol. The van der Waals surface area contributed by atoms with Crippen molar-refractivity contribution < 1.29 is 23.7 Å². The van der Waals surface area contributed by atoms with Crippen molar-refractivity contribution >= 4 is 0 Å². The van der Waals surface area contributed by atoms with E-state index in [1.807, 2.05) is 42.5 Å². The molecule has 2 saturated heterocycles. The minimum atomic E-state index is -0.475. The van der Waals surface area contributed by atoms with E-state index >= 15 is 0 Å².